The van der Waals surface area contributed by atoms with Crippen LogP contribution in [-0.2, 0) is 71.0 Å². The van der Waals surface area contributed by atoms with Crippen LogP contribution in [-0.4, -0.2) is 186 Å². The molecule has 4 N–H and O–H groups in total. The Hall–Kier alpha value is -3.36. The third-order valence-electron chi connectivity index (χ3n) is 13.1. The minimum atomic E-state index is -3.77. The summed E-state index contributed by atoms with van der Waals surface area (Å²) in [5.41, 5.74) is 6.07. The Kier molecular flexibility index (Phi) is 26.0. The van der Waals surface area contributed by atoms with E-state index < -0.39 is 43.8 Å². The molecule has 6 rings (SSSR count). The lowest BCUT2D eigenvalue weighted by Crippen LogP contribution is -2.46. The molecule has 24 heteroatoms. The summed E-state index contributed by atoms with van der Waals surface area (Å²) in [6.45, 7) is 5.56. The van der Waals surface area contributed by atoms with Gasteiger partial charge in [-0.15, -0.1) is 0 Å². The van der Waals surface area contributed by atoms with E-state index in [-0.39, 0.29) is 133 Å². The highest BCUT2D eigenvalue weighted by Gasteiger charge is 2.31. The highest BCUT2D eigenvalue weighted by Crippen LogP contribution is 2.40. The van der Waals surface area contributed by atoms with Crippen molar-refractivity contribution in [1.29, 1.82) is 0 Å². The standard InChI is InChI=1S/C54H70Cl4N4O14S2/c1-61-33-45(43-29-39(55)31-49(57)47(43)35-61)37-6-10-41(11-7-37)77(67,68)28-4-17-72-21-25-75-24-20-71-16-3-5-51(63)52(64)53(65)54(66)59-14-18-73-22-26-76-27-23-74-19-15-60-78(69,70)42-12-8-38(9-13-42)46-34-62(2)36-48-44(46)30-40(56)32-50(48)58/h6-13,29-32,45-46,52-53,60,64-65H,3-5,14-28,33-36H2,1-2H3,(H,59,66)/t45-,46-,52-,53+/m0/s1. The number of carbonyl (C=O) groups is 2. The average molecular weight is 1210 g/mol. The number of hydrogen-bond donors (Lipinski definition) is 4. The van der Waals surface area contributed by atoms with Gasteiger partial charge in [0, 0.05) is 90.8 Å². The van der Waals surface area contributed by atoms with Gasteiger partial charge in [0.25, 0.3) is 5.91 Å². The first-order chi connectivity index (χ1) is 37.3. The zero-order valence-corrected chi connectivity index (χ0v) is 48.5. The summed E-state index contributed by atoms with van der Waals surface area (Å²) in [5, 5.41) is 25.2. The van der Waals surface area contributed by atoms with Gasteiger partial charge in [0.05, 0.1) is 81.6 Å². The first-order valence-electron chi connectivity index (χ1n) is 25.7. The molecular formula is C54H70Cl4N4O14S2. The minimum absolute atomic E-state index is 0.00700. The summed E-state index contributed by atoms with van der Waals surface area (Å²) in [6, 6.07) is 21.1. The predicted octanol–water partition coefficient (Wildman–Crippen LogP) is 5.88. The summed E-state index contributed by atoms with van der Waals surface area (Å²) in [5.74, 6) is -1.70. The molecule has 18 nitrogen and oxygen atoms in total. The summed E-state index contributed by atoms with van der Waals surface area (Å²) in [4.78, 5) is 29.4. The van der Waals surface area contributed by atoms with Gasteiger partial charge in [-0.2, -0.15) is 0 Å². The Bertz CT molecular complexity index is 2610. The van der Waals surface area contributed by atoms with E-state index in [0.717, 1.165) is 46.5 Å². The van der Waals surface area contributed by atoms with Gasteiger partial charge in [0.2, 0.25) is 10.0 Å². The Morgan fingerprint density at radius 2 is 1.00 bits per heavy atom. The summed E-state index contributed by atoms with van der Waals surface area (Å²) in [6.07, 6.45) is -3.41. The topological polar surface area (TPSA) is 229 Å². The van der Waals surface area contributed by atoms with Crippen molar-refractivity contribution in [3.05, 3.63) is 126 Å². The van der Waals surface area contributed by atoms with Crippen LogP contribution in [0.4, 0.5) is 0 Å². The number of Topliss-reactive ketones (excluding diaryl/α,β-unsaturated/α-hetero) is 1. The van der Waals surface area contributed by atoms with Crippen molar-refractivity contribution in [3.63, 3.8) is 0 Å². The second-order valence-corrected chi connectivity index (χ2v) is 24.6. The SMILES string of the molecule is CN1Cc2c(Cl)cc(Cl)cc2[C@H](c2ccc(S(=O)(=O)CCCOCCOCCOCCCC(=O)[C@H](O)[C@@H](O)C(=O)NCCOCCOCCOCCNS(=O)(=O)c3ccc([C@@H]4CN(C)Cc5c(Cl)cc(Cl)cc54)cc3)cc2)C1. The molecule has 4 atom stereocenters. The predicted molar refractivity (Wildman–Crippen MR) is 298 cm³/mol. The van der Waals surface area contributed by atoms with Gasteiger partial charge in [0.1, 0.15) is 6.10 Å². The van der Waals surface area contributed by atoms with Crippen molar-refractivity contribution in [2.24, 2.45) is 0 Å². The van der Waals surface area contributed by atoms with Gasteiger partial charge in [-0.25, -0.2) is 21.6 Å². The Labute approximate surface area is 477 Å². The molecule has 0 radical (unpaired) electrons. The van der Waals surface area contributed by atoms with E-state index in [1.807, 2.05) is 50.5 Å². The normalized spacial score (nSPS) is 16.9. The van der Waals surface area contributed by atoms with Crippen LogP contribution in [0.25, 0.3) is 0 Å². The maximum absolute atomic E-state index is 13.0. The molecule has 2 aliphatic heterocycles. The fourth-order valence-electron chi connectivity index (χ4n) is 9.10. The van der Waals surface area contributed by atoms with Crippen molar-refractivity contribution in [3.8, 4) is 0 Å². The maximum atomic E-state index is 13.0. The molecule has 4 aromatic carbocycles. The van der Waals surface area contributed by atoms with Crippen molar-refractivity contribution in [1.82, 2.24) is 19.8 Å². The van der Waals surface area contributed by atoms with Gasteiger partial charge in [0.15, 0.2) is 21.7 Å². The van der Waals surface area contributed by atoms with Gasteiger partial charge in [-0.1, -0.05) is 70.7 Å². The van der Waals surface area contributed by atoms with Crippen LogP contribution in [0.15, 0.2) is 82.6 Å². The van der Waals surface area contributed by atoms with Crippen LogP contribution in [0.3, 0.4) is 0 Å². The second kappa shape index (κ2) is 31.7. The van der Waals surface area contributed by atoms with Gasteiger partial charge >= 0.3 is 0 Å². The first kappa shape index (κ1) is 63.8. The number of sulfonamides is 1. The number of aliphatic hydroxyl groups is 2. The third-order valence-corrected chi connectivity index (χ3v) is 17.5. The fraction of sp³-hybridized carbons (Fsp3) is 0.519. The third kappa shape index (κ3) is 19.4. The van der Waals surface area contributed by atoms with Gasteiger partial charge in [-0.05, 0) is 109 Å². The van der Waals surface area contributed by atoms with Crippen molar-refractivity contribution in [2.75, 3.05) is 125 Å². The number of nitrogens with zero attached hydrogens (tertiary/aromatic N) is 2. The number of halogens is 4. The zero-order chi connectivity index (χ0) is 56.2. The monoisotopic (exact) mass is 1200 g/mol. The number of benzene rings is 4. The molecule has 4 aromatic rings. The molecule has 78 heavy (non-hydrogen) atoms. The Morgan fingerprint density at radius 3 is 1.49 bits per heavy atom. The van der Waals surface area contributed by atoms with Crippen LogP contribution in [0.2, 0.25) is 20.1 Å². The highest BCUT2D eigenvalue weighted by atomic mass is 35.5. The molecule has 2 heterocycles. The summed E-state index contributed by atoms with van der Waals surface area (Å²) < 4.78 is 87.3. The highest BCUT2D eigenvalue weighted by molar-refractivity contribution is 7.91. The molecule has 0 fully saturated rings. The summed E-state index contributed by atoms with van der Waals surface area (Å²) >= 11 is 25.6. The van der Waals surface area contributed by atoms with Crippen LogP contribution in [0, 0.1) is 0 Å². The Morgan fingerprint density at radius 1 is 0.577 bits per heavy atom. The molecular weight excluding hydrogens is 1130 g/mol. The number of rotatable bonds is 34. The van der Waals surface area contributed by atoms with E-state index in [2.05, 4.69) is 19.8 Å². The maximum Gasteiger partial charge on any atom is 0.252 e. The lowest BCUT2D eigenvalue weighted by Gasteiger charge is -2.33. The minimum Gasteiger partial charge on any atom is -0.382 e. The number of carbonyl (C=O) groups excluding carboxylic acids is 2. The molecule has 1 amide bonds. The molecule has 0 bridgehead atoms. The van der Waals surface area contributed by atoms with Crippen LogP contribution in [0.1, 0.15) is 64.5 Å². The van der Waals surface area contributed by atoms with Crippen molar-refractivity contribution >= 4 is 78.0 Å². The molecule has 0 spiro atoms. The molecule has 0 saturated carbocycles. The van der Waals surface area contributed by atoms with E-state index in [0.29, 0.717) is 39.6 Å². The van der Waals surface area contributed by atoms with Crippen LogP contribution in [0.5, 0.6) is 0 Å². The number of aliphatic hydroxyl groups excluding tert-OH is 2. The first-order valence-corrected chi connectivity index (χ1v) is 30.4. The molecule has 430 valence electrons. The van der Waals surface area contributed by atoms with E-state index in [4.69, 9.17) is 74.8 Å². The van der Waals surface area contributed by atoms with Crippen LogP contribution >= 0.6 is 46.4 Å². The smallest absolute Gasteiger partial charge is 0.252 e. The molecule has 0 aromatic heterocycles. The van der Waals surface area contributed by atoms with Crippen molar-refractivity contribution in [2.45, 2.75) is 66.2 Å². The molecule has 2 aliphatic rings. The molecule has 0 unspecified atom stereocenters. The van der Waals surface area contributed by atoms with Crippen LogP contribution < -0.4 is 10.0 Å². The number of fused-ring (bicyclic) bond motifs is 2. The van der Waals surface area contributed by atoms with Gasteiger partial charge in [-0.3, -0.25) is 9.59 Å². The average Bonchev–Trinajstić information content (AvgIpc) is 3.47. The van der Waals surface area contributed by atoms with Crippen molar-refractivity contribution < 1.29 is 65.1 Å². The lowest BCUT2D eigenvalue weighted by atomic mass is 9.85. The van der Waals surface area contributed by atoms with E-state index >= 15 is 0 Å². The second-order valence-electron chi connectivity index (χ2n) is 19.0. The summed E-state index contributed by atoms with van der Waals surface area (Å²) in [7, 11) is -3.25. The Balaban J connectivity index is 0.705. The van der Waals surface area contributed by atoms with Gasteiger partial charge < -0.3 is 53.8 Å². The zero-order valence-electron chi connectivity index (χ0n) is 43.8. The number of ketones is 1. The lowest BCUT2D eigenvalue weighted by molar-refractivity contribution is -0.145. The largest absolute Gasteiger partial charge is 0.382 e. The molecule has 0 aliphatic carbocycles. The number of likely N-dealkylation sites (N-methyl/N-ethyl adjacent to an activating group) is 2. The number of hydrogen-bond acceptors (Lipinski definition) is 16. The number of ether oxygens (including phenoxy) is 6. The molecule has 0 saturated heterocycles. The van der Waals surface area contributed by atoms with E-state index in [1.165, 1.54) is 0 Å². The number of amides is 1. The number of sulfone groups is 1. The van der Waals surface area contributed by atoms with E-state index in [1.54, 1.807) is 36.4 Å². The van der Waals surface area contributed by atoms with E-state index in [9.17, 15) is 36.6 Å². The number of nitrogens with one attached hydrogen (secondary N) is 2. The fourth-order valence-corrected chi connectivity index (χ4v) is 12.5. The quantitative estimate of drug-likeness (QED) is 0.0400.